The van der Waals surface area contributed by atoms with E-state index in [2.05, 4.69) is 18.7 Å². The summed E-state index contributed by atoms with van der Waals surface area (Å²) in [4.78, 5) is 2.45. The Morgan fingerprint density at radius 2 is 1.92 bits per heavy atom. The highest BCUT2D eigenvalue weighted by molar-refractivity contribution is 4.74. The number of morpholine rings is 1. The molecule has 1 rings (SSSR count). The highest BCUT2D eigenvalue weighted by Crippen LogP contribution is 2.17. The fourth-order valence-corrected chi connectivity index (χ4v) is 1.80. The van der Waals surface area contributed by atoms with E-state index in [1.807, 2.05) is 0 Å². The Morgan fingerprint density at radius 3 is 2.46 bits per heavy atom. The summed E-state index contributed by atoms with van der Waals surface area (Å²) in [6, 6.07) is 0. The van der Waals surface area contributed by atoms with Crippen LogP contribution in [0.5, 0.6) is 0 Å². The number of ether oxygens (including phenoxy) is 2. The van der Waals surface area contributed by atoms with Crippen molar-refractivity contribution in [3.8, 4) is 0 Å². The molecule has 0 bridgehead atoms. The highest BCUT2D eigenvalue weighted by atomic mass is 16.5. The summed E-state index contributed by atoms with van der Waals surface area (Å²) in [7, 11) is 1.76. The third-order valence-electron chi connectivity index (χ3n) is 2.29. The fourth-order valence-electron chi connectivity index (χ4n) is 1.80. The first-order valence-corrected chi connectivity index (χ1v) is 4.93. The number of nitrogens with zero attached hydrogens (tertiary/aromatic N) is 1. The first kappa shape index (κ1) is 11.0. The zero-order chi connectivity index (χ0) is 9.73. The van der Waals surface area contributed by atoms with Gasteiger partial charge in [0.15, 0.2) is 0 Å². The van der Waals surface area contributed by atoms with Gasteiger partial charge in [-0.2, -0.15) is 0 Å². The van der Waals surface area contributed by atoms with Crippen LogP contribution in [0, 0.1) is 5.41 Å². The molecule has 0 aromatic heterocycles. The molecule has 1 heterocycles. The maximum absolute atomic E-state index is 5.30. The van der Waals surface area contributed by atoms with Crippen molar-refractivity contribution in [2.45, 2.75) is 13.8 Å². The Hall–Kier alpha value is -0.120. The van der Waals surface area contributed by atoms with Crippen LogP contribution < -0.4 is 0 Å². The van der Waals surface area contributed by atoms with Gasteiger partial charge in [0.05, 0.1) is 19.8 Å². The molecule has 1 fully saturated rings. The molecule has 1 aliphatic rings. The molecule has 0 saturated carbocycles. The van der Waals surface area contributed by atoms with Crippen molar-refractivity contribution in [2.24, 2.45) is 5.41 Å². The van der Waals surface area contributed by atoms with Crippen LogP contribution in [0.1, 0.15) is 13.8 Å². The van der Waals surface area contributed by atoms with Crippen LogP contribution in [-0.2, 0) is 9.47 Å². The minimum Gasteiger partial charge on any atom is -0.384 e. The average molecular weight is 187 g/mol. The quantitative estimate of drug-likeness (QED) is 0.655. The summed E-state index contributed by atoms with van der Waals surface area (Å²) in [6.07, 6.45) is 0. The van der Waals surface area contributed by atoms with Gasteiger partial charge in [-0.1, -0.05) is 13.8 Å². The summed E-state index contributed by atoms with van der Waals surface area (Å²) < 4.78 is 10.5. The molecule has 0 spiro atoms. The van der Waals surface area contributed by atoms with E-state index in [9.17, 15) is 0 Å². The number of methoxy groups -OCH3 is 1. The Bertz CT molecular complexity index is 142. The van der Waals surface area contributed by atoms with Gasteiger partial charge in [-0.25, -0.2) is 0 Å². The van der Waals surface area contributed by atoms with Crippen molar-refractivity contribution in [2.75, 3.05) is 46.6 Å². The molecule has 78 valence electrons. The maximum Gasteiger partial charge on any atom is 0.0594 e. The van der Waals surface area contributed by atoms with E-state index in [4.69, 9.17) is 9.47 Å². The predicted molar refractivity (Wildman–Crippen MR) is 52.9 cm³/mol. The second kappa shape index (κ2) is 4.94. The number of rotatable bonds is 4. The summed E-state index contributed by atoms with van der Waals surface area (Å²) in [5, 5.41) is 0. The summed E-state index contributed by atoms with van der Waals surface area (Å²) in [6.45, 7) is 10.3. The van der Waals surface area contributed by atoms with E-state index < -0.39 is 0 Å². The molecule has 0 amide bonds. The zero-order valence-corrected chi connectivity index (χ0v) is 9.01. The summed E-state index contributed by atoms with van der Waals surface area (Å²) in [5.41, 5.74) is 0.256. The largest absolute Gasteiger partial charge is 0.384 e. The van der Waals surface area contributed by atoms with E-state index >= 15 is 0 Å². The molecule has 0 N–H and O–H groups in total. The van der Waals surface area contributed by atoms with Crippen LogP contribution in [0.4, 0.5) is 0 Å². The minimum absolute atomic E-state index is 0.256. The van der Waals surface area contributed by atoms with E-state index in [0.717, 1.165) is 39.5 Å². The van der Waals surface area contributed by atoms with Crippen LogP contribution in [0.3, 0.4) is 0 Å². The van der Waals surface area contributed by atoms with Gasteiger partial charge < -0.3 is 9.47 Å². The highest BCUT2D eigenvalue weighted by Gasteiger charge is 2.22. The molecule has 0 radical (unpaired) electrons. The predicted octanol–water partition coefficient (Wildman–Crippen LogP) is 0.991. The van der Waals surface area contributed by atoms with Crippen molar-refractivity contribution in [3.05, 3.63) is 0 Å². The van der Waals surface area contributed by atoms with Gasteiger partial charge in [0.1, 0.15) is 0 Å². The maximum atomic E-state index is 5.30. The lowest BCUT2D eigenvalue weighted by molar-refractivity contribution is 0.00472. The van der Waals surface area contributed by atoms with Crippen molar-refractivity contribution in [1.82, 2.24) is 4.90 Å². The Kier molecular flexibility index (Phi) is 4.16. The first-order valence-electron chi connectivity index (χ1n) is 4.93. The molecule has 1 aliphatic heterocycles. The van der Waals surface area contributed by atoms with E-state index in [1.165, 1.54) is 0 Å². The molecule has 3 nitrogen and oxygen atoms in total. The smallest absolute Gasteiger partial charge is 0.0594 e. The minimum atomic E-state index is 0.256. The molecule has 3 heteroatoms. The van der Waals surface area contributed by atoms with Crippen LogP contribution in [-0.4, -0.2) is 51.5 Å². The summed E-state index contributed by atoms with van der Waals surface area (Å²) >= 11 is 0. The van der Waals surface area contributed by atoms with Crippen molar-refractivity contribution >= 4 is 0 Å². The first-order chi connectivity index (χ1) is 6.14. The Morgan fingerprint density at radius 1 is 1.31 bits per heavy atom. The monoisotopic (exact) mass is 187 g/mol. The molecule has 0 aromatic carbocycles. The standard InChI is InChI=1S/C10H21NO2/c1-10(2,9-12-3)8-11-4-6-13-7-5-11/h4-9H2,1-3H3. The molecular formula is C10H21NO2. The Labute approximate surface area is 81.0 Å². The van der Waals surface area contributed by atoms with Gasteiger partial charge in [0.25, 0.3) is 0 Å². The average Bonchev–Trinajstić information content (AvgIpc) is 2.04. The molecule has 0 atom stereocenters. The van der Waals surface area contributed by atoms with Crippen LogP contribution >= 0.6 is 0 Å². The number of hydrogen-bond acceptors (Lipinski definition) is 3. The van der Waals surface area contributed by atoms with E-state index in [0.29, 0.717) is 0 Å². The van der Waals surface area contributed by atoms with Gasteiger partial charge in [0.2, 0.25) is 0 Å². The van der Waals surface area contributed by atoms with Crippen molar-refractivity contribution in [3.63, 3.8) is 0 Å². The van der Waals surface area contributed by atoms with Gasteiger partial charge in [-0.3, -0.25) is 4.90 Å². The lowest BCUT2D eigenvalue weighted by Crippen LogP contribution is -2.43. The molecular weight excluding hydrogens is 166 g/mol. The van der Waals surface area contributed by atoms with Crippen molar-refractivity contribution in [1.29, 1.82) is 0 Å². The molecule has 0 aromatic rings. The van der Waals surface area contributed by atoms with Gasteiger partial charge in [0, 0.05) is 32.2 Å². The van der Waals surface area contributed by atoms with Gasteiger partial charge in [-0.05, 0) is 0 Å². The fraction of sp³-hybridized carbons (Fsp3) is 1.00. The molecule has 13 heavy (non-hydrogen) atoms. The van der Waals surface area contributed by atoms with E-state index in [1.54, 1.807) is 7.11 Å². The SMILES string of the molecule is COCC(C)(C)CN1CCOCC1. The van der Waals surface area contributed by atoms with E-state index in [-0.39, 0.29) is 5.41 Å². The second-order valence-corrected chi connectivity index (χ2v) is 4.49. The van der Waals surface area contributed by atoms with Crippen LogP contribution in [0.2, 0.25) is 0 Å². The van der Waals surface area contributed by atoms with Crippen molar-refractivity contribution < 1.29 is 9.47 Å². The Balaban J connectivity index is 2.28. The lowest BCUT2D eigenvalue weighted by Gasteiger charge is -2.34. The normalized spacial score (nSPS) is 20.5. The van der Waals surface area contributed by atoms with Gasteiger partial charge in [-0.15, -0.1) is 0 Å². The van der Waals surface area contributed by atoms with Gasteiger partial charge >= 0.3 is 0 Å². The van der Waals surface area contributed by atoms with Crippen LogP contribution in [0.15, 0.2) is 0 Å². The third kappa shape index (κ3) is 4.07. The topological polar surface area (TPSA) is 21.7 Å². The number of hydrogen-bond donors (Lipinski definition) is 0. The summed E-state index contributed by atoms with van der Waals surface area (Å²) in [5.74, 6) is 0. The second-order valence-electron chi connectivity index (χ2n) is 4.49. The van der Waals surface area contributed by atoms with Crippen LogP contribution in [0.25, 0.3) is 0 Å². The third-order valence-corrected chi connectivity index (χ3v) is 2.29. The molecule has 1 saturated heterocycles. The molecule has 0 aliphatic carbocycles. The molecule has 0 unspecified atom stereocenters. The lowest BCUT2D eigenvalue weighted by atomic mass is 9.94. The zero-order valence-electron chi connectivity index (χ0n) is 9.01.